The summed E-state index contributed by atoms with van der Waals surface area (Å²) in [5, 5.41) is 13.5. The van der Waals surface area contributed by atoms with Crippen molar-refractivity contribution >= 4 is 21.9 Å². The van der Waals surface area contributed by atoms with Gasteiger partial charge >= 0.3 is 5.97 Å². The molecule has 0 unspecified atom stereocenters. The Hall–Kier alpha value is -1.69. The molecule has 2 aliphatic rings. The second-order valence-corrected chi connectivity index (χ2v) is 5.98. The van der Waals surface area contributed by atoms with Crippen molar-refractivity contribution < 1.29 is 9.90 Å². The number of aromatic carboxylic acids is 1. The van der Waals surface area contributed by atoms with Crippen LogP contribution in [0.25, 0.3) is 5.82 Å². The molecule has 0 spiro atoms. The highest BCUT2D eigenvalue weighted by Gasteiger charge is 2.50. The third-order valence-electron chi connectivity index (χ3n) is 3.89. The van der Waals surface area contributed by atoms with E-state index >= 15 is 0 Å². The second kappa shape index (κ2) is 3.66. The predicted octanol–water partition coefficient (Wildman–Crippen LogP) is 2.39. The summed E-state index contributed by atoms with van der Waals surface area (Å²) in [5.74, 6) is 0.804. The number of hydrogen-bond donors (Lipinski definition) is 1. The number of rotatable bonds is 2. The van der Waals surface area contributed by atoms with Crippen molar-refractivity contribution in [2.45, 2.75) is 18.8 Å². The number of halogens is 1. The number of carboxylic acids is 1. The van der Waals surface area contributed by atoms with Crippen molar-refractivity contribution in [1.82, 2.24) is 14.8 Å². The molecular formula is C13H10BrN3O2. The molecule has 2 aromatic heterocycles. The Balaban J connectivity index is 1.94. The Labute approximate surface area is 117 Å². The van der Waals surface area contributed by atoms with E-state index in [4.69, 9.17) is 0 Å². The lowest BCUT2D eigenvalue weighted by Crippen LogP contribution is -2.05. The number of aromatic nitrogens is 3. The molecule has 0 amide bonds. The Kier molecular flexibility index (Phi) is 2.15. The molecule has 0 saturated heterocycles. The molecule has 5 nitrogen and oxygen atoms in total. The van der Waals surface area contributed by atoms with Crippen LogP contribution in [0, 0.1) is 5.92 Å². The molecule has 6 heteroatoms. The number of pyridine rings is 1. The number of hydrogen-bond acceptors (Lipinski definition) is 3. The van der Waals surface area contributed by atoms with Crippen LogP contribution in [0.4, 0.5) is 0 Å². The van der Waals surface area contributed by atoms with Gasteiger partial charge in [0.05, 0.1) is 5.69 Å². The molecule has 1 saturated carbocycles. The van der Waals surface area contributed by atoms with Gasteiger partial charge in [0.25, 0.3) is 0 Å². The molecular weight excluding hydrogens is 310 g/mol. The number of carboxylic acid groups (broad SMARTS) is 1. The summed E-state index contributed by atoms with van der Waals surface area (Å²) in [5.41, 5.74) is 2.13. The van der Waals surface area contributed by atoms with Crippen LogP contribution < -0.4 is 0 Å². The van der Waals surface area contributed by atoms with Crippen molar-refractivity contribution in [3.8, 4) is 5.82 Å². The molecule has 0 aliphatic heterocycles. The van der Waals surface area contributed by atoms with Crippen LogP contribution in [-0.4, -0.2) is 25.8 Å². The molecule has 1 N–H and O–H groups in total. The van der Waals surface area contributed by atoms with Gasteiger partial charge in [-0.05, 0) is 30.9 Å². The Bertz CT molecular complexity index is 710. The van der Waals surface area contributed by atoms with Crippen LogP contribution in [0.5, 0.6) is 0 Å². The van der Waals surface area contributed by atoms with E-state index in [0.29, 0.717) is 17.7 Å². The van der Waals surface area contributed by atoms with Crippen LogP contribution in [0.3, 0.4) is 0 Å². The zero-order valence-corrected chi connectivity index (χ0v) is 11.5. The van der Waals surface area contributed by atoms with Crippen LogP contribution in [0.1, 0.15) is 34.1 Å². The fourth-order valence-electron chi connectivity index (χ4n) is 2.97. The Morgan fingerprint density at radius 3 is 3.11 bits per heavy atom. The normalized spacial score (nSPS) is 23.0. The van der Waals surface area contributed by atoms with E-state index in [1.807, 2.05) is 12.1 Å². The van der Waals surface area contributed by atoms with Crippen molar-refractivity contribution in [2.24, 2.45) is 5.92 Å². The van der Waals surface area contributed by atoms with Crippen LogP contribution >= 0.6 is 15.9 Å². The summed E-state index contributed by atoms with van der Waals surface area (Å²) in [4.78, 5) is 15.6. The van der Waals surface area contributed by atoms with Gasteiger partial charge in [-0.1, -0.05) is 15.9 Å². The van der Waals surface area contributed by atoms with E-state index < -0.39 is 5.97 Å². The van der Waals surface area contributed by atoms with E-state index in [9.17, 15) is 9.90 Å². The molecule has 0 aromatic carbocycles. The molecule has 0 bridgehead atoms. The van der Waals surface area contributed by atoms with Crippen LogP contribution in [-0.2, 0) is 6.42 Å². The zero-order valence-electron chi connectivity index (χ0n) is 9.88. The van der Waals surface area contributed by atoms with Crippen molar-refractivity contribution in [2.75, 3.05) is 0 Å². The maximum Gasteiger partial charge on any atom is 0.356 e. The van der Waals surface area contributed by atoms with Gasteiger partial charge in [0.2, 0.25) is 0 Å². The molecule has 0 radical (unpaired) electrons. The summed E-state index contributed by atoms with van der Waals surface area (Å²) < 4.78 is 2.62. The fraction of sp³-hybridized carbons (Fsp3) is 0.308. The molecule has 2 aromatic rings. The lowest BCUT2D eigenvalue weighted by molar-refractivity contribution is 0.0688. The van der Waals surface area contributed by atoms with Crippen molar-refractivity contribution in [1.29, 1.82) is 0 Å². The Morgan fingerprint density at radius 1 is 1.53 bits per heavy atom. The van der Waals surface area contributed by atoms with Gasteiger partial charge < -0.3 is 5.11 Å². The highest BCUT2D eigenvalue weighted by atomic mass is 79.9. The highest BCUT2D eigenvalue weighted by Crippen LogP contribution is 2.57. The Morgan fingerprint density at radius 2 is 2.37 bits per heavy atom. The van der Waals surface area contributed by atoms with Gasteiger partial charge in [0.15, 0.2) is 11.5 Å². The van der Waals surface area contributed by atoms with Crippen molar-refractivity contribution in [3.63, 3.8) is 0 Å². The van der Waals surface area contributed by atoms with Gasteiger partial charge in [0.1, 0.15) is 0 Å². The summed E-state index contributed by atoms with van der Waals surface area (Å²) in [7, 11) is 0. The first-order chi connectivity index (χ1) is 9.15. The molecule has 96 valence electrons. The molecule has 2 aliphatic carbocycles. The standard InChI is InChI=1S/C13H10BrN3O2/c14-7-1-2-15-10(5-7)17-12-8-3-6(8)4-9(12)11(16-17)13(18)19/h1-2,5-6,8H,3-4H2,(H,18,19)/t6-,8-/m0/s1. The van der Waals surface area contributed by atoms with Gasteiger partial charge in [-0.2, -0.15) is 5.10 Å². The first kappa shape index (κ1) is 11.2. The molecule has 1 fully saturated rings. The van der Waals surface area contributed by atoms with Gasteiger partial charge in [-0.25, -0.2) is 14.5 Å². The summed E-state index contributed by atoms with van der Waals surface area (Å²) >= 11 is 3.40. The number of carbonyl (C=O) groups is 1. The summed E-state index contributed by atoms with van der Waals surface area (Å²) in [6.07, 6.45) is 3.68. The highest BCUT2D eigenvalue weighted by molar-refractivity contribution is 9.10. The maximum absolute atomic E-state index is 11.3. The van der Waals surface area contributed by atoms with Crippen molar-refractivity contribution in [3.05, 3.63) is 39.8 Å². The van der Waals surface area contributed by atoms with E-state index in [1.54, 1.807) is 10.9 Å². The van der Waals surface area contributed by atoms with Gasteiger partial charge in [-0.3, -0.25) is 0 Å². The van der Waals surface area contributed by atoms with E-state index in [0.717, 1.165) is 28.6 Å². The van der Waals surface area contributed by atoms with Crippen LogP contribution in [0.2, 0.25) is 0 Å². The second-order valence-electron chi connectivity index (χ2n) is 5.07. The fourth-order valence-corrected chi connectivity index (χ4v) is 3.29. The van der Waals surface area contributed by atoms with Gasteiger partial charge in [-0.15, -0.1) is 0 Å². The molecule has 19 heavy (non-hydrogen) atoms. The average molecular weight is 320 g/mol. The predicted molar refractivity (Wildman–Crippen MR) is 70.6 cm³/mol. The first-order valence-electron chi connectivity index (χ1n) is 6.12. The third-order valence-corrected chi connectivity index (χ3v) is 4.38. The summed E-state index contributed by atoms with van der Waals surface area (Å²) in [6, 6.07) is 3.69. The lowest BCUT2D eigenvalue weighted by Gasteiger charge is -2.05. The number of nitrogens with zero attached hydrogens (tertiary/aromatic N) is 3. The number of fused-ring (bicyclic) bond motifs is 3. The monoisotopic (exact) mass is 319 g/mol. The van der Waals surface area contributed by atoms with E-state index in [-0.39, 0.29) is 5.69 Å². The minimum atomic E-state index is -0.953. The largest absolute Gasteiger partial charge is 0.476 e. The summed E-state index contributed by atoms with van der Waals surface area (Å²) in [6.45, 7) is 0. The lowest BCUT2D eigenvalue weighted by atomic mass is 10.1. The third kappa shape index (κ3) is 1.56. The topological polar surface area (TPSA) is 68.0 Å². The van der Waals surface area contributed by atoms with E-state index in [2.05, 4.69) is 26.0 Å². The quantitative estimate of drug-likeness (QED) is 0.922. The minimum Gasteiger partial charge on any atom is -0.476 e. The maximum atomic E-state index is 11.3. The first-order valence-corrected chi connectivity index (χ1v) is 6.91. The minimum absolute atomic E-state index is 0.184. The average Bonchev–Trinajstić information content (AvgIpc) is 2.87. The van der Waals surface area contributed by atoms with Crippen LogP contribution in [0.15, 0.2) is 22.8 Å². The smallest absolute Gasteiger partial charge is 0.356 e. The molecule has 2 atom stereocenters. The molecule has 4 rings (SSSR count). The van der Waals surface area contributed by atoms with Gasteiger partial charge in [0, 0.05) is 22.2 Å². The zero-order chi connectivity index (χ0) is 13.1. The SMILES string of the molecule is O=C(O)c1nn(-c2cc(Br)ccn2)c2c1C[C@@H]1C[C@H]21. The molecule has 2 heterocycles. The van der Waals surface area contributed by atoms with E-state index in [1.165, 1.54) is 0 Å².